The molecular weight excluding hydrogens is 332 g/mol. The van der Waals surface area contributed by atoms with Gasteiger partial charge in [0.1, 0.15) is 12.4 Å². The van der Waals surface area contributed by atoms with Crippen molar-refractivity contribution in [2.24, 2.45) is 0 Å². The van der Waals surface area contributed by atoms with E-state index in [1.54, 1.807) is 24.4 Å². The number of nitrogens with one attached hydrogen (secondary N) is 1. The van der Waals surface area contributed by atoms with Gasteiger partial charge < -0.3 is 20.2 Å². The molecule has 0 radical (unpaired) electrons. The van der Waals surface area contributed by atoms with Gasteiger partial charge in [0, 0.05) is 6.07 Å². The number of pyridine rings is 1. The fourth-order valence-corrected chi connectivity index (χ4v) is 2.87. The molecule has 2 heterocycles. The van der Waals surface area contributed by atoms with Crippen molar-refractivity contribution in [2.75, 3.05) is 18.5 Å². The van der Waals surface area contributed by atoms with Crippen molar-refractivity contribution in [3.05, 3.63) is 77.0 Å². The Bertz CT molecular complexity index is 1090. The van der Waals surface area contributed by atoms with Gasteiger partial charge in [0.25, 0.3) is 0 Å². The third-order valence-corrected chi connectivity index (χ3v) is 4.06. The van der Waals surface area contributed by atoms with Crippen LogP contribution < -0.4 is 10.1 Å². The van der Waals surface area contributed by atoms with E-state index in [1.807, 2.05) is 42.5 Å². The molecule has 0 aliphatic heterocycles. The summed E-state index contributed by atoms with van der Waals surface area (Å²) in [5.41, 5.74) is 0.525. The first-order chi connectivity index (χ1) is 12.7. The lowest BCUT2D eigenvalue weighted by molar-refractivity contribution is -0.389. The largest absolute Gasteiger partial charge is 0.492 e. The average molecular weight is 348 g/mol. The van der Waals surface area contributed by atoms with Crippen molar-refractivity contribution in [1.82, 2.24) is 9.38 Å². The number of aromatic nitrogens is 2. The van der Waals surface area contributed by atoms with Gasteiger partial charge in [-0.15, -0.1) is 0 Å². The number of benzene rings is 2. The lowest BCUT2D eigenvalue weighted by Crippen LogP contribution is -2.12. The fraction of sp³-hybridized carbons (Fsp3) is 0.105. The topological polar surface area (TPSA) is 81.7 Å². The minimum absolute atomic E-state index is 0.0775. The van der Waals surface area contributed by atoms with Crippen LogP contribution in [-0.2, 0) is 0 Å². The number of hydrogen-bond acceptors (Lipinski definition) is 5. The van der Waals surface area contributed by atoms with E-state index < -0.39 is 4.92 Å². The van der Waals surface area contributed by atoms with Crippen LogP contribution in [0.5, 0.6) is 5.75 Å². The van der Waals surface area contributed by atoms with Gasteiger partial charge in [-0.25, -0.2) is 0 Å². The average Bonchev–Trinajstić information content (AvgIpc) is 3.03. The molecule has 0 aliphatic rings. The summed E-state index contributed by atoms with van der Waals surface area (Å²) in [7, 11) is 0. The molecule has 2 aromatic carbocycles. The van der Waals surface area contributed by atoms with Gasteiger partial charge in [0.05, 0.1) is 12.7 Å². The maximum Gasteiger partial charge on any atom is 0.372 e. The molecule has 7 heteroatoms. The molecule has 0 spiro atoms. The second-order valence-corrected chi connectivity index (χ2v) is 5.75. The standard InChI is InChI=1S/C19H16N4O3/c24-23(25)19-18(21-17-7-3-4-11-22(17)19)20-10-12-26-16-9-8-14-5-1-2-6-15(14)13-16/h1-9,11,13,20H,10,12H2. The molecule has 1 N–H and O–H groups in total. The van der Waals surface area contributed by atoms with Crippen molar-refractivity contribution < 1.29 is 9.66 Å². The Kier molecular flexibility index (Phi) is 4.10. The summed E-state index contributed by atoms with van der Waals surface area (Å²) in [6.45, 7) is 0.765. The van der Waals surface area contributed by atoms with Crippen LogP contribution in [0.2, 0.25) is 0 Å². The molecule has 0 saturated carbocycles. The molecule has 4 rings (SSSR count). The van der Waals surface area contributed by atoms with Gasteiger partial charge in [0.2, 0.25) is 11.5 Å². The predicted molar refractivity (Wildman–Crippen MR) is 99.8 cm³/mol. The summed E-state index contributed by atoms with van der Waals surface area (Å²) < 4.78 is 7.19. The van der Waals surface area contributed by atoms with Crippen LogP contribution in [0.15, 0.2) is 66.9 Å². The van der Waals surface area contributed by atoms with Crippen LogP contribution in [0.3, 0.4) is 0 Å². The third-order valence-electron chi connectivity index (χ3n) is 4.06. The van der Waals surface area contributed by atoms with Crippen LogP contribution in [-0.4, -0.2) is 27.5 Å². The second-order valence-electron chi connectivity index (χ2n) is 5.75. The number of ether oxygens (including phenoxy) is 1. The Morgan fingerprint density at radius 2 is 1.88 bits per heavy atom. The van der Waals surface area contributed by atoms with E-state index in [9.17, 15) is 10.1 Å². The molecule has 0 atom stereocenters. The smallest absolute Gasteiger partial charge is 0.372 e. The zero-order chi connectivity index (χ0) is 17.9. The van der Waals surface area contributed by atoms with E-state index in [0.29, 0.717) is 18.8 Å². The lowest BCUT2D eigenvalue weighted by Gasteiger charge is -2.08. The van der Waals surface area contributed by atoms with Crippen LogP contribution in [0.4, 0.5) is 11.6 Å². The van der Waals surface area contributed by atoms with Gasteiger partial charge in [-0.3, -0.25) is 0 Å². The van der Waals surface area contributed by atoms with Gasteiger partial charge in [0.15, 0.2) is 0 Å². The summed E-state index contributed by atoms with van der Waals surface area (Å²) >= 11 is 0. The predicted octanol–water partition coefficient (Wildman–Crippen LogP) is 3.89. The van der Waals surface area contributed by atoms with Crippen LogP contribution in [0.1, 0.15) is 0 Å². The molecule has 0 amide bonds. The van der Waals surface area contributed by atoms with Crippen molar-refractivity contribution in [1.29, 1.82) is 0 Å². The molecule has 0 saturated heterocycles. The van der Waals surface area contributed by atoms with Crippen LogP contribution in [0, 0.1) is 10.1 Å². The maximum absolute atomic E-state index is 11.3. The molecule has 26 heavy (non-hydrogen) atoms. The Balaban J connectivity index is 1.43. The van der Waals surface area contributed by atoms with E-state index in [-0.39, 0.29) is 11.6 Å². The molecule has 4 aromatic rings. The molecule has 0 fully saturated rings. The molecule has 2 aromatic heterocycles. The molecule has 130 valence electrons. The SMILES string of the molecule is O=[N+]([O-])c1c(NCCOc2ccc3ccccc3c2)nc2ccccn12. The Labute approximate surface area is 149 Å². The number of hydrogen-bond donors (Lipinski definition) is 1. The van der Waals surface area contributed by atoms with Gasteiger partial charge in [-0.05, 0) is 33.9 Å². The van der Waals surface area contributed by atoms with Crippen LogP contribution >= 0.6 is 0 Å². The van der Waals surface area contributed by atoms with Crippen LogP contribution in [0.25, 0.3) is 16.4 Å². The quantitative estimate of drug-likeness (QED) is 0.325. The van der Waals surface area contributed by atoms with Gasteiger partial charge in [-0.2, -0.15) is 9.38 Å². The normalized spacial score (nSPS) is 10.9. The third kappa shape index (κ3) is 3.02. The first kappa shape index (κ1) is 15.9. The molecule has 7 nitrogen and oxygen atoms in total. The number of imidazole rings is 1. The van der Waals surface area contributed by atoms with Gasteiger partial charge in [-0.1, -0.05) is 36.4 Å². The summed E-state index contributed by atoms with van der Waals surface area (Å²) in [4.78, 5) is 15.2. The summed E-state index contributed by atoms with van der Waals surface area (Å²) in [6, 6.07) is 19.2. The minimum Gasteiger partial charge on any atom is -0.492 e. The lowest BCUT2D eigenvalue weighted by atomic mass is 10.1. The summed E-state index contributed by atoms with van der Waals surface area (Å²) in [6.07, 6.45) is 1.62. The van der Waals surface area contributed by atoms with E-state index in [1.165, 1.54) is 4.40 Å². The van der Waals surface area contributed by atoms with Crippen molar-refractivity contribution in [2.45, 2.75) is 0 Å². The zero-order valence-corrected chi connectivity index (χ0v) is 13.8. The first-order valence-corrected chi connectivity index (χ1v) is 8.19. The Morgan fingerprint density at radius 3 is 2.73 bits per heavy atom. The fourth-order valence-electron chi connectivity index (χ4n) is 2.87. The number of rotatable bonds is 6. The molecule has 0 aliphatic carbocycles. The van der Waals surface area contributed by atoms with Crippen molar-refractivity contribution in [3.8, 4) is 5.75 Å². The number of nitro groups is 1. The number of anilines is 1. The zero-order valence-electron chi connectivity index (χ0n) is 13.8. The summed E-state index contributed by atoms with van der Waals surface area (Å²) in [5.74, 6) is 0.921. The molecule has 0 bridgehead atoms. The minimum atomic E-state index is -0.438. The molecular formula is C19H16N4O3. The van der Waals surface area contributed by atoms with E-state index in [2.05, 4.69) is 10.3 Å². The van der Waals surface area contributed by atoms with Crippen molar-refractivity contribution in [3.63, 3.8) is 0 Å². The van der Waals surface area contributed by atoms with E-state index >= 15 is 0 Å². The monoisotopic (exact) mass is 348 g/mol. The highest BCUT2D eigenvalue weighted by atomic mass is 16.6. The van der Waals surface area contributed by atoms with Gasteiger partial charge >= 0.3 is 5.82 Å². The first-order valence-electron chi connectivity index (χ1n) is 8.19. The number of nitrogens with zero attached hydrogens (tertiary/aromatic N) is 3. The van der Waals surface area contributed by atoms with E-state index in [4.69, 9.17) is 4.74 Å². The highest BCUT2D eigenvalue weighted by Gasteiger charge is 2.21. The summed E-state index contributed by atoms with van der Waals surface area (Å²) in [5, 5.41) is 16.6. The Hall–Kier alpha value is -3.61. The van der Waals surface area contributed by atoms with E-state index in [0.717, 1.165) is 16.5 Å². The second kappa shape index (κ2) is 6.72. The molecule has 0 unspecified atom stereocenters. The number of fused-ring (bicyclic) bond motifs is 2. The highest BCUT2D eigenvalue weighted by molar-refractivity contribution is 5.83. The highest BCUT2D eigenvalue weighted by Crippen LogP contribution is 2.25. The maximum atomic E-state index is 11.3. The van der Waals surface area contributed by atoms with Crippen molar-refractivity contribution >= 4 is 28.1 Å². The Morgan fingerprint density at radius 1 is 1.08 bits per heavy atom.